The summed E-state index contributed by atoms with van der Waals surface area (Å²) in [6.45, 7) is 13.7. The zero-order chi connectivity index (χ0) is 13.1. The molecular weight excluding hydrogens is 204 g/mol. The smallest absolute Gasteiger partial charge is 0.246 e. The lowest BCUT2D eigenvalue weighted by molar-refractivity contribution is -0.124. The molecule has 0 aromatic heterocycles. The van der Waals surface area contributed by atoms with E-state index in [0.717, 1.165) is 6.54 Å². The van der Waals surface area contributed by atoms with E-state index in [1.165, 1.54) is 6.08 Å². The van der Waals surface area contributed by atoms with Gasteiger partial charge in [0.25, 0.3) is 0 Å². The summed E-state index contributed by atoms with van der Waals surface area (Å²) in [5.74, 6) is -0.0833. The lowest BCUT2D eigenvalue weighted by Crippen LogP contribution is -2.23. The van der Waals surface area contributed by atoms with Crippen molar-refractivity contribution in [3.8, 4) is 0 Å². The molecule has 0 aromatic carbocycles. The van der Waals surface area contributed by atoms with Gasteiger partial charge in [0.15, 0.2) is 0 Å². The zero-order valence-corrected chi connectivity index (χ0v) is 10.7. The minimum atomic E-state index is -0.0625. The second-order valence-electron chi connectivity index (χ2n) is 3.20. The maximum atomic E-state index is 10.6. The van der Waals surface area contributed by atoms with Gasteiger partial charge in [-0.25, -0.2) is 0 Å². The highest BCUT2D eigenvalue weighted by Gasteiger charge is 1.97. The number of hydrogen-bond acceptors (Lipinski definition) is 2. The van der Waals surface area contributed by atoms with Crippen molar-refractivity contribution >= 4 is 11.8 Å². The topological polar surface area (TPSA) is 49.4 Å². The summed E-state index contributed by atoms with van der Waals surface area (Å²) in [6, 6.07) is 0. The number of rotatable bonds is 4. The van der Waals surface area contributed by atoms with E-state index >= 15 is 0 Å². The van der Waals surface area contributed by atoms with Crippen LogP contribution in [-0.4, -0.2) is 36.9 Å². The molecule has 0 aliphatic heterocycles. The first-order chi connectivity index (χ1) is 7.40. The fourth-order valence-corrected chi connectivity index (χ4v) is 0.623. The van der Waals surface area contributed by atoms with Crippen molar-refractivity contribution in [1.29, 1.82) is 0 Å². The predicted octanol–water partition coefficient (Wildman–Crippen LogP) is 1.35. The summed E-state index contributed by atoms with van der Waals surface area (Å²) in [4.78, 5) is 22.7. The van der Waals surface area contributed by atoms with Crippen molar-refractivity contribution in [2.24, 2.45) is 0 Å². The van der Waals surface area contributed by atoms with Gasteiger partial charge in [-0.3, -0.25) is 9.59 Å². The Morgan fingerprint density at radius 2 is 1.88 bits per heavy atom. The number of carbonyl (C=O) groups excluding carboxylic acids is 2. The van der Waals surface area contributed by atoms with Crippen molar-refractivity contribution in [3.05, 3.63) is 24.8 Å². The molecule has 2 amide bonds. The second kappa shape index (κ2) is 9.96. The fourth-order valence-electron chi connectivity index (χ4n) is 0.623. The minimum absolute atomic E-state index is 0.0208. The molecule has 0 heterocycles. The van der Waals surface area contributed by atoms with Crippen molar-refractivity contribution in [2.75, 3.05) is 20.1 Å². The van der Waals surface area contributed by atoms with Crippen LogP contribution in [0, 0.1) is 0 Å². The Balaban J connectivity index is 0. The first kappa shape index (κ1) is 16.8. The average Bonchev–Trinajstić information content (AvgIpc) is 2.28. The molecule has 0 aromatic rings. The highest BCUT2D eigenvalue weighted by molar-refractivity contribution is 5.91. The molecule has 0 spiro atoms. The molecule has 0 unspecified atom stereocenters. The molecule has 16 heavy (non-hydrogen) atoms. The highest BCUT2D eigenvalue weighted by atomic mass is 16.2. The molecule has 92 valence electrons. The Hall–Kier alpha value is -1.58. The molecular formula is C12H22N2O2. The van der Waals surface area contributed by atoms with Gasteiger partial charge in [-0.15, -0.1) is 0 Å². The molecule has 0 atom stereocenters. The number of hydrogen-bond donors (Lipinski definition) is 1. The summed E-state index contributed by atoms with van der Waals surface area (Å²) in [5, 5.41) is 2.61. The average molecular weight is 226 g/mol. The van der Waals surface area contributed by atoms with Gasteiger partial charge in [0.2, 0.25) is 11.8 Å². The van der Waals surface area contributed by atoms with Crippen LogP contribution in [0.25, 0.3) is 0 Å². The summed E-state index contributed by atoms with van der Waals surface area (Å²) in [7, 11) is 1.74. The summed E-state index contributed by atoms with van der Waals surface area (Å²) < 4.78 is 0. The third-order valence-electron chi connectivity index (χ3n) is 1.75. The van der Waals surface area contributed by atoms with Crippen LogP contribution in [0.5, 0.6) is 0 Å². The van der Waals surface area contributed by atoms with Crippen LogP contribution in [-0.2, 0) is 9.59 Å². The lowest BCUT2D eigenvalue weighted by atomic mass is 10.3. The minimum Gasteiger partial charge on any atom is -0.353 e. The third-order valence-corrected chi connectivity index (χ3v) is 1.75. The molecule has 1 N–H and O–H groups in total. The zero-order valence-electron chi connectivity index (χ0n) is 10.7. The number of nitrogens with zero attached hydrogens (tertiary/aromatic N) is 1. The van der Waals surface area contributed by atoms with Crippen molar-refractivity contribution < 1.29 is 9.59 Å². The molecule has 0 aliphatic carbocycles. The summed E-state index contributed by atoms with van der Waals surface area (Å²) >= 11 is 0. The van der Waals surface area contributed by atoms with Crippen molar-refractivity contribution in [3.63, 3.8) is 0 Å². The predicted molar refractivity (Wildman–Crippen MR) is 67.0 cm³/mol. The van der Waals surface area contributed by atoms with Crippen LogP contribution in [0.15, 0.2) is 24.8 Å². The van der Waals surface area contributed by atoms with Crippen LogP contribution in [0.2, 0.25) is 0 Å². The van der Waals surface area contributed by atoms with Gasteiger partial charge < -0.3 is 10.2 Å². The van der Waals surface area contributed by atoms with Gasteiger partial charge in [0.05, 0.1) is 0 Å². The van der Waals surface area contributed by atoms with Gasteiger partial charge >= 0.3 is 0 Å². The number of likely N-dealkylation sites (N-methyl/N-ethyl adjacent to an activating group) is 2. The lowest BCUT2D eigenvalue weighted by Gasteiger charge is -2.09. The van der Waals surface area contributed by atoms with E-state index in [1.807, 2.05) is 13.8 Å². The van der Waals surface area contributed by atoms with Gasteiger partial charge in [0, 0.05) is 25.7 Å². The van der Waals surface area contributed by atoms with Crippen molar-refractivity contribution in [2.45, 2.75) is 20.8 Å². The standard InChI is InChI=1S/2C6H11NO/c1-4-6(8)7(3)5-2;1-4-7-6(8)5(2)3/h4H,1,5H2,2-3H3;2,4H2,1,3H3,(H,7,8). The second-order valence-corrected chi connectivity index (χ2v) is 3.20. The van der Waals surface area contributed by atoms with Crippen LogP contribution >= 0.6 is 0 Å². The van der Waals surface area contributed by atoms with Crippen LogP contribution in [0.3, 0.4) is 0 Å². The molecule has 4 heteroatoms. The third kappa shape index (κ3) is 8.99. The van der Waals surface area contributed by atoms with Gasteiger partial charge in [0.1, 0.15) is 0 Å². The Morgan fingerprint density at radius 1 is 1.38 bits per heavy atom. The van der Waals surface area contributed by atoms with Crippen LogP contribution in [0.1, 0.15) is 20.8 Å². The number of amides is 2. The van der Waals surface area contributed by atoms with Gasteiger partial charge in [-0.05, 0) is 26.8 Å². The molecule has 0 saturated heterocycles. The fraction of sp³-hybridized carbons (Fsp3) is 0.500. The first-order valence-electron chi connectivity index (χ1n) is 5.21. The van der Waals surface area contributed by atoms with E-state index in [4.69, 9.17) is 0 Å². The number of carbonyl (C=O) groups is 2. The molecule has 0 radical (unpaired) electrons. The molecule has 4 nitrogen and oxygen atoms in total. The molecule has 0 bridgehead atoms. The van der Waals surface area contributed by atoms with Crippen LogP contribution in [0.4, 0.5) is 0 Å². The number of nitrogens with one attached hydrogen (secondary N) is 1. The monoisotopic (exact) mass is 226 g/mol. The Morgan fingerprint density at radius 3 is 2.00 bits per heavy atom. The molecule has 0 fully saturated rings. The van der Waals surface area contributed by atoms with E-state index < -0.39 is 0 Å². The van der Waals surface area contributed by atoms with E-state index in [0.29, 0.717) is 12.1 Å². The van der Waals surface area contributed by atoms with E-state index in [1.54, 1.807) is 18.9 Å². The van der Waals surface area contributed by atoms with Crippen molar-refractivity contribution in [1.82, 2.24) is 10.2 Å². The quantitative estimate of drug-likeness (QED) is 0.736. The van der Waals surface area contributed by atoms with Crippen LogP contribution < -0.4 is 5.32 Å². The van der Waals surface area contributed by atoms with Gasteiger partial charge in [-0.2, -0.15) is 0 Å². The maximum absolute atomic E-state index is 10.6. The molecule has 0 aliphatic rings. The molecule has 0 saturated carbocycles. The van der Waals surface area contributed by atoms with E-state index in [9.17, 15) is 9.59 Å². The summed E-state index contributed by atoms with van der Waals surface area (Å²) in [5.41, 5.74) is 0.562. The maximum Gasteiger partial charge on any atom is 0.246 e. The first-order valence-corrected chi connectivity index (χ1v) is 5.21. The molecule has 0 rings (SSSR count). The van der Waals surface area contributed by atoms with Gasteiger partial charge in [-0.1, -0.05) is 13.2 Å². The largest absolute Gasteiger partial charge is 0.353 e. The van der Waals surface area contributed by atoms with E-state index in [2.05, 4.69) is 18.5 Å². The summed E-state index contributed by atoms with van der Waals surface area (Å²) in [6.07, 6.45) is 1.31. The Labute approximate surface area is 98.0 Å². The normalized spacial score (nSPS) is 8.25. The highest BCUT2D eigenvalue weighted by Crippen LogP contribution is 1.83. The van der Waals surface area contributed by atoms with E-state index in [-0.39, 0.29) is 11.8 Å². The Bertz CT molecular complexity index is 258. The Kier molecular flexibility index (Phi) is 10.5. The SMILES string of the molecule is C=C(C)C(=O)NCC.C=CC(=O)N(C)CC.